The Bertz CT molecular complexity index is 607. The quantitative estimate of drug-likeness (QED) is 0.760. The molecule has 0 aliphatic heterocycles. The van der Waals surface area contributed by atoms with E-state index >= 15 is 0 Å². The highest BCUT2D eigenvalue weighted by Gasteiger charge is 2.08. The molecular formula is C17H24N3O2. The number of hydrogen-bond acceptors (Lipinski definition) is 3. The van der Waals surface area contributed by atoms with Crippen LogP contribution in [0.2, 0.25) is 0 Å². The maximum absolute atomic E-state index is 11.9. The van der Waals surface area contributed by atoms with Crippen LogP contribution in [-0.4, -0.2) is 61.5 Å². The number of aromatic nitrogens is 1. The number of ether oxygens (including phenoxy) is 1. The van der Waals surface area contributed by atoms with Gasteiger partial charge in [0, 0.05) is 55.8 Å². The van der Waals surface area contributed by atoms with E-state index in [1.807, 2.05) is 39.3 Å². The first-order chi connectivity index (χ1) is 10.6. The number of likely N-dealkylation sites (N-methyl/N-ethyl adjacent to an activating group) is 2. The van der Waals surface area contributed by atoms with Crippen LogP contribution >= 0.6 is 0 Å². The van der Waals surface area contributed by atoms with Crippen molar-refractivity contribution < 1.29 is 9.53 Å². The van der Waals surface area contributed by atoms with Crippen LogP contribution in [0.5, 0.6) is 5.75 Å². The number of fused-ring (bicyclic) bond motifs is 1. The summed E-state index contributed by atoms with van der Waals surface area (Å²) in [5.41, 5.74) is 1.01. The predicted octanol–water partition coefficient (Wildman–Crippen LogP) is 2.15. The molecule has 1 amide bonds. The van der Waals surface area contributed by atoms with E-state index < -0.39 is 0 Å². The minimum absolute atomic E-state index is 0.167. The van der Waals surface area contributed by atoms with Crippen molar-refractivity contribution in [2.24, 2.45) is 0 Å². The molecule has 1 aromatic carbocycles. The molecule has 1 heterocycles. The largest absolute Gasteiger partial charge is 0.494 e. The summed E-state index contributed by atoms with van der Waals surface area (Å²) in [7, 11) is 5.86. The van der Waals surface area contributed by atoms with Crippen molar-refractivity contribution in [2.75, 3.05) is 40.8 Å². The van der Waals surface area contributed by atoms with Gasteiger partial charge < -0.3 is 19.5 Å². The number of nitrogens with zero attached hydrogens (tertiary/aromatic N) is 2. The van der Waals surface area contributed by atoms with Gasteiger partial charge in [-0.15, -0.1) is 0 Å². The Morgan fingerprint density at radius 3 is 2.86 bits per heavy atom. The molecule has 0 unspecified atom stereocenters. The van der Waals surface area contributed by atoms with Crippen molar-refractivity contribution in [3.8, 4) is 5.75 Å². The molecule has 1 radical (unpaired) electrons. The zero-order valence-corrected chi connectivity index (χ0v) is 13.6. The average Bonchev–Trinajstić information content (AvgIpc) is 2.96. The van der Waals surface area contributed by atoms with Crippen LogP contribution in [0, 0.1) is 6.07 Å². The van der Waals surface area contributed by atoms with Crippen molar-refractivity contribution in [3.05, 3.63) is 30.5 Å². The second kappa shape index (κ2) is 7.84. The van der Waals surface area contributed by atoms with Crippen LogP contribution in [-0.2, 0) is 4.79 Å². The van der Waals surface area contributed by atoms with Gasteiger partial charge in [-0.25, -0.2) is 0 Å². The zero-order valence-electron chi connectivity index (χ0n) is 13.6. The summed E-state index contributed by atoms with van der Waals surface area (Å²) in [5, 5.41) is 1.05. The van der Waals surface area contributed by atoms with E-state index in [1.54, 1.807) is 11.1 Å². The second-order valence-corrected chi connectivity index (χ2v) is 5.71. The number of carbonyl (C=O) groups excluding carboxylic acids is 1. The van der Waals surface area contributed by atoms with Gasteiger partial charge in [-0.1, -0.05) is 0 Å². The lowest BCUT2D eigenvalue weighted by molar-refractivity contribution is -0.130. The maximum Gasteiger partial charge on any atom is 0.222 e. The van der Waals surface area contributed by atoms with Gasteiger partial charge in [0.2, 0.25) is 5.91 Å². The highest BCUT2D eigenvalue weighted by Crippen LogP contribution is 2.19. The van der Waals surface area contributed by atoms with Gasteiger partial charge in [0.1, 0.15) is 5.75 Å². The van der Waals surface area contributed by atoms with Gasteiger partial charge in [0.25, 0.3) is 0 Å². The van der Waals surface area contributed by atoms with Crippen LogP contribution in [0.1, 0.15) is 12.8 Å². The fraction of sp³-hybridized carbons (Fsp3) is 0.471. The fourth-order valence-corrected chi connectivity index (χ4v) is 2.13. The first-order valence-corrected chi connectivity index (χ1v) is 7.56. The Morgan fingerprint density at radius 1 is 1.27 bits per heavy atom. The summed E-state index contributed by atoms with van der Waals surface area (Å²) in [4.78, 5) is 18.9. The molecule has 5 heteroatoms. The molecule has 2 rings (SSSR count). The molecule has 0 spiro atoms. The SMILES string of the molecule is CN(C)CCN(C)C(=O)CCCOc1ccc2[c]c[nH]c2c1. The third kappa shape index (κ3) is 4.77. The van der Waals surface area contributed by atoms with Crippen LogP contribution in [0.25, 0.3) is 10.9 Å². The maximum atomic E-state index is 11.9. The Morgan fingerprint density at radius 2 is 2.09 bits per heavy atom. The van der Waals surface area contributed by atoms with E-state index in [2.05, 4.69) is 16.0 Å². The molecule has 0 bridgehead atoms. The fourth-order valence-electron chi connectivity index (χ4n) is 2.13. The average molecular weight is 302 g/mol. The molecule has 119 valence electrons. The van der Waals surface area contributed by atoms with Crippen molar-refractivity contribution in [1.82, 2.24) is 14.8 Å². The van der Waals surface area contributed by atoms with E-state index in [1.165, 1.54) is 0 Å². The first-order valence-electron chi connectivity index (χ1n) is 7.56. The van der Waals surface area contributed by atoms with Crippen LogP contribution in [0.15, 0.2) is 24.4 Å². The topological polar surface area (TPSA) is 48.6 Å². The molecule has 0 fully saturated rings. The minimum atomic E-state index is 0.167. The smallest absolute Gasteiger partial charge is 0.222 e. The minimum Gasteiger partial charge on any atom is -0.494 e. The third-order valence-electron chi connectivity index (χ3n) is 3.56. The normalized spacial score (nSPS) is 11.1. The van der Waals surface area contributed by atoms with Crippen molar-refractivity contribution in [2.45, 2.75) is 12.8 Å². The van der Waals surface area contributed by atoms with E-state index in [0.717, 1.165) is 36.2 Å². The number of amides is 1. The number of nitrogens with one attached hydrogen (secondary N) is 1. The number of carbonyl (C=O) groups is 1. The van der Waals surface area contributed by atoms with Gasteiger partial charge in [0.15, 0.2) is 0 Å². The molecule has 0 atom stereocenters. The molecule has 22 heavy (non-hydrogen) atoms. The number of rotatable bonds is 8. The van der Waals surface area contributed by atoms with E-state index in [-0.39, 0.29) is 5.91 Å². The Balaban J connectivity index is 1.68. The molecule has 0 aliphatic carbocycles. The lowest BCUT2D eigenvalue weighted by atomic mass is 10.2. The third-order valence-corrected chi connectivity index (χ3v) is 3.56. The van der Waals surface area contributed by atoms with Crippen molar-refractivity contribution >= 4 is 16.8 Å². The van der Waals surface area contributed by atoms with Gasteiger partial charge in [-0.3, -0.25) is 4.79 Å². The van der Waals surface area contributed by atoms with E-state index in [0.29, 0.717) is 13.0 Å². The van der Waals surface area contributed by atoms with Crippen LogP contribution in [0.4, 0.5) is 0 Å². The standard InChI is InChI=1S/C17H24N3O2/c1-19(2)10-11-20(3)17(21)5-4-12-22-15-7-6-14-8-9-18-16(14)13-15/h6-7,9,13,18H,4-5,10-12H2,1-3H3. The van der Waals surface area contributed by atoms with Gasteiger partial charge in [-0.05, 0) is 32.6 Å². The molecule has 0 saturated heterocycles. The molecule has 2 aromatic rings. The monoisotopic (exact) mass is 302 g/mol. The molecule has 0 aliphatic rings. The van der Waals surface area contributed by atoms with Crippen molar-refractivity contribution in [1.29, 1.82) is 0 Å². The number of H-pyrrole nitrogens is 1. The molecule has 5 nitrogen and oxygen atoms in total. The first kappa shape index (κ1) is 16.4. The van der Waals surface area contributed by atoms with Crippen LogP contribution < -0.4 is 4.74 Å². The molecular weight excluding hydrogens is 278 g/mol. The summed E-state index contributed by atoms with van der Waals surface area (Å²) in [6.07, 6.45) is 3.03. The molecule has 1 aromatic heterocycles. The number of hydrogen-bond donors (Lipinski definition) is 1. The highest BCUT2D eigenvalue weighted by molar-refractivity contribution is 5.80. The summed E-state index contributed by atoms with van der Waals surface area (Å²) >= 11 is 0. The van der Waals surface area contributed by atoms with Gasteiger partial charge in [0.05, 0.1) is 6.61 Å². The lowest BCUT2D eigenvalue weighted by Gasteiger charge is -2.19. The second-order valence-electron chi connectivity index (χ2n) is 5.71. The number of aromatic amines is 1. The Kier molecular flexibility index (Phi) is 5.83. The molecule has 0 saturated carbocycles. The lowest BCUT2D eigenvalue weighted by Crippen LogP contribution is -2.33. The summed E-state index contributed by atoms with van der Waals surface area (Å²) in [6, 6.07) is 8.95. The zero-order chi connectivity index (χ0) is 15.9. The number of benzene rings is 1. The predicted molar refractivity (Wildman–Crippen MR) is 88.1 cm³/mol. The van der Waals surface area contributed by atoms with Gasteiger partial charge in [-0.2, -0.15) is 0 Å². The summed E-state index contributed by atoms with van der Waals surface area (Å²) in [5.74, 6) is 0.983. The Hall–Kier alpha value is -2.01. The summed E-state index contributed by atoms with van der Waals surface area (Å²) in [6.45, 7) is 2.18. The molecule has 1 N–H and O–H groups in total. The van der Waals surface area contributed by atoms with Crippen LogP contribution in [0.3, 0.4) is 0 Å². The van der Waals surface area contributed by atoms with Gasteiger partial charge >= 0.3 is 0 Å². The van der Waals surface area contributed by atoms with E-state index in [4.69, 9.17) is 4.74 Å². The van der Waals surface area contributed by atoms with E-state index in [9.17, 15) is 4.79 Å². The Labute approximate surface area is 131 Å². The summed E-state index contributed by atoms with van der Waals surface area (Å²) < 4.78 is 5.70. The highest BCUT2D eigenvalue weighted by atomic mass is 16.5. The van der Waals surface area contributed by atoms with Crippen molar-refractivity contribution in [3.63, 3.8) is 0 Å².